The molecular formula is C12H8O3. The lowest BCUT2D eigenvalue weighted by Crippen LogP contribution is -1.98. The van der Waals surface area contributed by atoms with Crippen LogP contribution in [0.2, 0.25) is 0 Å². The summed E-state index contributed by atoms with van der Waals surface area (Å²) in [6.45, 7) is 1.83. The molecule has 0 bridgehead atoms. The van der Waals surface area contributed by atoms with E-state index in [2.05, 4.69) is 0 Å². The summed E-state index contributed by atoms with van der Waals surface area (Å²) in [5.41, 5.74) is 1.64. The van der Waals surface area contributed by atoms with Crippen molar-refractivity contribution in [3.05, 3.63) is 46.5 Å². The van der Waals surface area contributed by atoms with Crippen LogP contribution < -0.4 is 5.63 Å². The Kier molecular flexibility index (Phi) is 1.51. The van der Waals surface area contributed by atoms with Gasteiger partial charge in [0, 0.05) is 5.56 Å². The summed E-state index contributed by atoms with van der Waals surface area (Å²) in [7, 11) is 0. The Bertz CT molecular complexity index is 704. The predicted octanol–water partition coefficient (Wildman–Crippen LogP) is 2.85. The van der Waals surface area contributed by atoms with E-state index in [1.54, 1.807) is 12.3 Å². The highest BCUT2D eigenvalue weighted by molar-refractivity contribution is 6.01. The van der Waals surface area contributed by atoms with Gasteiger partial charge in [-0.2, -0.15) is 0 Å². The molecule has 0 aliphatic rings. The van der Waals surface area contributed by atoms with Crippen LogP contribution in [0.25, 0.3) is 21.9 Å². The molecule has 0 amide bonds. The fraction of sp³-hybridized carbons (Fsp3) is 0.0833. The number of furan rings is 1. The molecule has 0 spiro atoms. The highest BCUT2D eigenvalue weighted by Crippen LogP contribution is 2.25. The van der Waals surface area contributed by atoms with Gasteiger partial charge in [-0.15, -0.1) is 0 Å². The van der Waals surface area contributed by atoms with Gasteiger partial charge in [0.1, 0.15) is 11.0 Å². The van der Waals surface area contributed by atoms with Gasteiger partial charge in [0.15, 0.2) is 5.58 Å². The molecule has 0 radical (unpaired) electrons. The number of para-hydroxylation sites is 1. The van der Waals surface area contributed by atoms with Crippen LogP contribution in [0.1, 0.15) is 5.56 Å². The average molecular weight is 200 g/mol. The molecule has 0 N–H and O–H groups in total. The Hall–Kier alpha value is -2.03. The molecule has 0 aliphatic heterocycles. The van der Waals surface area contributed by atoms with Crippen LogP contribution in [0.3, 0.4) is 0 Å². The third-order valence-electron chi connectivity index (χ3n) is 2.51. The van der Waals surface area contributed by atoms with Gasteiger partial charge in [-0.3, -0.25) is 0 Å². The SMILES string of the molecule is Cc1coc2c1c(=O)oc1ccccc12. The van der Waals surface area contributed by atoms with E-state index < -0.39 is 0 Å². The predicted molar refractivity (Wildman–Crippen MR) is 57.0 cm³/mol. The minimum Gasteiger partial charge on any atom is -0.463 e. The van der Waals surface area contributed by atoms with E-state index in [-0.39, 0.29) is 5.63 Å². The molecule has 2 heterocycles. The average Bonchev–Trinajstić information content (AvgIpc) is 2.62. The van der Waals surface area contributed by atoms with Crippen LogP contribution in [0.4, 0.5) is 0 Å². The maximum absolute atomic E-state index is 11.6. The maximum atomic E-state index is 11.6. The first-order valence-electron chi connectivity index (χ1n) is 4.67. The summed E-state index contributed by atoms with van der Waals surface area (Å²) in [6, 6.07) is 7.35. The van der Waals surface area contributed by atoms with Crippen LogP contribution in [-0.4, -0.2) is 0 Å². The summed E-state index contributed by atoms with van der Waals surface area (Å²) < 4.78 is 10.6. The topological polar surface area (TPSA) is 43.4 Å². The third-order valence-corrected chi connectivity index (χ3v) is 2.51. The smallest absolute Gasteiger partial charge is 0.347 e. The molecule has 3 nitrogen and oxygen atoms in total. The molecule has 0 atom stereocenters. The van der Waals surface area contributed by atoms with Crippen LogP contribution in [0.5, 0.6) is 0 Å². The fourth-order valence-corrected chi connectivity index (χ4v) is 1.79. The van der Waals surface area contributed by atoms with E-state index in [0.29, 0.717) is 16.6 Å². The van der Waals surface area contributed by atoms with Crippen molar-refractivity contribution in [1.29, 1.82) is 0 Å². The molecule has 0 fully saturated rings. The number of hydrogen-bond acceptors (Lipinski definition) is 3. The zero-order valence-corrected chi connectivity index (χ0v) is 8.11. The van der Waals surface area contributed by atoms with Crippen LogP contribution in [-0.2, 0) is 0 Å². The molecular weight excluding hydrogens is 192 g/mol. The quantitative estimate of drug-likeness (QED) is 0.524. The molecule has 0 saturated carbocycles. The number of hydrogen-bond donors (Lipinski definition) is 0. The molecule has 2 aromatic heterocycles. The van der Waals surface area contributed by atoms with Crippen molar-refractivity contribution in [2.45, 2.75) is 6.92 Å². The van der Waals surface area contributed by atoms with Gasteiger partial charge in [-0.1, -0.05) is 12.1 Å². The first-order chi connectivity index (χ1) is 7.27. The summed E-state index contributed by atoms with van der Waals surface area (Å²) in [5.74, 6) is 0. The summed E-state index contributed by atoms with van der Waals surface area (Å²) in [6.07, 6.45) is 1.58. The molecule has 3 heteroatoms. The second kappa shape index (κ2) is 2.73. The second-order valence-corrected chi connectivity index (χ2v) is 3.51. The van der Waals surface area contributed by atoms with E-state index in [4.69, 9.17) is 8.83 Å². The maximum Gasteiger partial charge on any atom is 0.347 e. The van der Waals surface area contributed by atoms with Gasteiger partial charge in [0.2, 0.25) is 0 Å². The normalized spacial score (nSPS) is 11.3. The molecule has 3 aromatic rings. The monoisotopic (exact) mass is 200 g/mol. The van der Waals surface area contributed by atoms with E-state index >= 15 is 0 Å². The van der Waals surface area contributed by atoms with Crippen LogP contribution >= 0.6 is 0 Å². The minimum atomic E-state index is -0.338. The zero-order chi connectivity index (χ0) is 10.4. The number of aryl methyl sites for hydroxylation is 1. The van der Waals surface area contributed by atoms with Gasteiger partial charge in [-0.25, -0.2) is 4.79 Å². The van der Waals surface area contributed by atoms with Gasteiger partial charge >= 0.3 is 5.63 Å². The van der Waals surface area contributed by atoms with Crippen molar-refractivity contribution in [2.75, 3.05) is 0 Å². The Morgan fingerprint density at radius 2 is 2.00 bits per heavy atom. The lowest BCUT2D eigenvalue weighted by molar-refractivity contribution is 0.564. The van der Waals surface area contributed by atoms with Crippen LogP contribution in [0.15, 0.2) is 44.2 Å². The fourth-order valence-electron chi connectivity index (χ4n) is 1.79. The first-order valence-corrected chi connectivity index (χ1v) is 4.67. The summed E-state index contributed by atoms with van der Waals surface area (Å²) in [4.78, 5) is 11.6. The van der Waals surface area contributed by atoms with Gasteiger partial charge in [0.05, 0.1) is 11.6 Å². The van der Waals surface area contributed by atoms with E-state index in [0.717, 1.165) is 10.9 Å². The van der Waals surface area contributed by atoms with Crippen molar-refractivity contribution in [3.63, 3.8) is 0 Å². The van der Waals surface area contributed by atoms with E-state index in [1.807, 2.05) is 25.1 Å². The molecule has 1 aromatic carbocycles. The van der Waals surface area contributed by atoms with Gasteiger partial charge in [0.25, 0.3) is 0 Å². The first kappa shape index (κ1) is 8.29. The van der Waals surface area contributed by atoms with Crippen molar-refractivity contribution >= 4 is 21.9 Å². The lowest BCUT2D eigenvalue weighted by Gasteiger charge is -1.95. The third kappa shape index (κ3) is 1.03. The van der Waals surface area contributed by atoms with Crippen molar-refractivity contribution < 1.29 is 8.83 Å². The minimum absolute atomic E-state index is 0.338. The second-order valence-electron chi connectivity index (χ2n) is 3.51. The van der Waals surface area contributed by atoms with E-state index in [9.17, 15) is 4.79 Å². The Morgan fingerprint density at radius 1 is 1.20 bits per heavy atom. The summed E-state index contributed by atoms with van der Waals surface area (Å²) >= 11 is 0. The Balaban J connectivity index is 2.71. The summed E-state index contributed by atoms with van der Waals surface area (Å²) in [5, 5.41) is 1.37. The molecule has 15 heavy (non-hydrogen) atoms. The molecule has 3 rings (SSSR count). The van der Waals surface area contributed by atoms with Crippen molar-refractivity contribution in [1.82, 2.24) is 0 Å². The molecule has 0 unspecified atom stereocenters. The Morgan fingerprint density at radius 3 is 2.87 bits per heavy atom. The van der Waals surface area contributed by atoms with Crippen LogP contribution in [0, 0.1) is 6.92 Å². The standard InChI is InChI=1S/C12H8O3/c1-7-6-14-11-8-4-2-3-5-9(8)15-12(13)10(7)11/h2-6H,1H3. The zero-order valence-electron chi connectivity index (χ0n) is 8.11. The molecule has 74 valence electrons. The highest BCUT2D eigenvalue weighted by Gasteiger charge is 2.12. The molecule has 0 saturated heterocycles. The Labute approximate surface area is 84.9 Å². The molecule has 0 aliphatic carbocycles. The number of rotatable bonds is 0. The van der Waals surface area contributed by atoms with Crippen molar-refractivity contribution in [3.8, 4) is 0 Å². The van der Waals surface area contributed by atoms with Gasteiger partial charge < -0.3 is 8.83 Å². The largest absolute Gasteiger partial charge is 0.463 e. The lowest BCUT2D eigenvalue weighted by atomic mass is 10.1. The van der Waals surface area contributed by atoms with E-state index in [1.165, 1.54) is 0 Å². The number of fused-ring (bicyclic) bond motifs is 3. The van der Waals surface area contributed by atoms with Gasteiger partial charge in [-0.05, 0) is 19.1 Å². The number of benzene rings is 1. The van der Waals surface area contributed by atoms with Crippen molar-refractivity contribution in [2.24, 2.45) is 0 Å². The highest BCUT2D eigenvalue weighted by atomic mass is 16.4.